The van der Waals surface area contributed by atoms with Crippen molar-refractivity contribution < 1.29 is 4.79 Å². The smallest absolute Gasteiger partial charge is 0.322 e. The summed E-state index contributed by atoms with van der Waals surface area (Å²) in [5.41, 5.74) is 2.01. The topological polar surface area (TPSA) is 44.7 Å². The van der Waals surface area contributed by atoms with Crippen molar-refractivity contribution in [2.75, 3.05) is 7.05 Å². The summed E-state index contributed by atoms with van der Waals surface area (Å²) in [6, 6.07) is 7.66. The van der Waals surface area contributed by atoms with Gasteiger partial charge in [-0.15, -0.1) is 0 Å². The van der Waals surface area contributed by atoms with Gasteiger partial charge in [-0.1, -0.05) is 18.2 Å². The number of nitrogens with one attached hydrogen (secondary N) is 1. The lowest BCUT2D eigenvalue weighted by Gasteiger charge is -2.21. The Morgan fingerprint density at radius 2 is 2.29 bits per heavy atom. The van der Waals surface area contributed by atoms with Crippen LogP contribution in [0.5, 0.6) is 0 Å². The van der Waals surface area contributed by atoms with Crippen molar-refractivity contribution in [1.29, 1.82) is 0 Å². The summed E-state index contributed by atoms with van der Waals surface area (Å²) in [6.45, 7) is 0.583. The van der Waals surface area contributed by atoms with Gasteiger partial charge in [0.05, 0.1) is 18.6 Å². The number of benzene rings is 1. The third-order valence-electron chi connectivity index (χ3n) is 2.14. The van der Waals surface area contributed by atoms with Crippen LogP contribution in [0.2, 0.25) is 0 Å². The van der Waals surface area contributed by atoms with E-state index in [2.05, 4.69) is 10.3 Å². The predicted molar refractivity (Wildman–Crippen MR) is 54.6 cm³/mol. The second-order valence-corrected chi connectivity index (χ2v) is 3.06. The summed E-state index contributed by atoms with van der Waals surface area (Å²) in [5, 5.41) is 2.56. The Kier molecular flexibility index (Phi) is 2.18. The molecule has 0 fully saturated rings. The van der Waals surface area contributed by atoms with Gasteiger partial charge in [0, 0.05) is 7.05 Å². The van der Waals surface area contributed by atoms with E-state index in [1.807, 2.05) is 24.3 Å². The van der Waals surface area contributed by atoms with Crippen molar-refractivity contribution in [3.8, 4) is 0 Å². The number of carbonyl (C=O) groups is 1. The van der Waals surface area contributed by atoms with Crippen molar-refractivity contribution in [3.05, 3.63) is 29.8 Å². The summed E-state index contributed by atoms with van der Waals surface area (Å²) >= 11 is 0. The van der Waals surface area contributed by atoms with Crippen molar-refractivity contribution in [2.24, 2.45) is 4.99 Å². The lowest BCUT2D eigenvalue weighted by atomic mass is 10.1. The first-order valence-corrected chi connectivity index (χ1v) is 4.41. The molecule has 72 valence electrons. The van der Waals surface area contributed by atoms with Crippen LogP contribution in [0.1, 0.15) is 5.56 Å². The number of amides is 2. The molecule has 0 spiro atoms. The fraction of sp³-hybridized carbons (Fsp3) is 0.200. The number of fused-ring (bicyclic) bond motifs is 1. The van der Waals surface area contributed by atoms with Crippen molar-refractivity contribution in [2.45, 2.75) is 6.54 Å². The summed E-state index contributed by atoms with van der Waals surface area (Å²) in [6.07, 6.45) is 1.56. The van der Waals surface area contributed by atoms with E-state index in [1.165, 1.54) is 0 Å². The van der Waals surface area contributed by atoms with E-state index in [4.69, 9.17) is 0 Å². The quantitative estimate of drug-likeness (QED) is 0.660. The molecule has 0 saturated carbocycles. The summed E-state index contributed by atoms with van der Waals surface area (Å²) in [5.74, 6) is 0. The molecule has 0 saturated heterocycles. The predicted octanol–water partition coefficient (Wildman–Crippen LogP) is 1.50. The highest BCUT2D eigenvalue weighted by Gasteiger charge is 2.15. The fourth-order valence-electron chi connectivity index (χ4n) is 1.39. The number of hydrogen-bond acceptors (Lipinski definition) is 2. The Hall–Kier alpha value is -1.84. The molecule has 1 aromatic rings. The number of hydrogen-bond donors (Lipinski definition) is 1. The highest BCUT2D eigenvalue weighted by molar-refractivity contribution is 5.88. The van der Waals surface area contributed by atoms with Crippen molar-refractivity contribution in [3.63, 3.8) is 0 Å². The van der Waals surface area contributed by atoms with Crippen LogP contribution in [-0.4, -0.2) is 24.3 Å². The van der Waals surface area contributed by atoms with Crippen LogP contribution in [0.4, 0.5) is 10.5 Å². The summed E-state index contributed by atoms with van der Waals surface area (Å²) in [7, 11) is 1.61. The molecular weight excluding hydrogens is 178 g/mol. The maximum absolute atomic E-state index is 11.3. The van der Waals surface area contributed by atoms with Gasteiger partial charge in [-0.3, -0.25) is 4.90 Å². The standard InChI is InChI=1S/C10H11N3O/c1-11-10(14)13-6-8-4-2-3-5-9(8)12-7-13/h2-5,7H,6H2,1H3,(H,11,14). The molecule has 1 heterocycles. The Bertz CT molecular complexity index is 387. The molecule has 0 aromatic heterocycles. The van der Waals surface area contributed by atoms with Crippen LogP contribution in [0.25, 0.3) is 0 Å². The first-order chi connectivity index (χ1) is 6.81. The molecule has 0 bridgehead atoms. The molecule has 0 aliphatic carbocycles. The molecule has 1 aliphatic heterocycles. The van der Waals surface area contributed by atoms with Gasteiger partial charge in [-0.05, 0) is 11.6 Å². The molecule has 14 heavy (non-hydrogen) atoms. The van der Waals surface area contributed by atoms with Gasteiger partial charge in [-0.25, -0.2) is 9.79 Å². The molecule has 0 atom stereocenters. The SMILES string of the molecule is CNC(=O)N1C=Nc2ccccc2C1. The van der Waals surface area contributed by atoms with Crippen LogP contribution in [0.3, 0.4) is 0 Å². The first kappa shape index (κ1) is 8.74. The second kappa shape index (κ2) is 3.49. The van der Waals surface area contributed by atoms with Gasteiger partial charge in [0.2, 0.25) is 0 Å². The van der Waals surface area contributed by atoms with E-state index in [9.17, 15) is 4.79 Å². The third kappa shape index (κ3) is 1.46. The fourth-order valence-corrected chi connectivity index (χ4v) is 1.39. The largest absolute Gasteiger partial charge is 0.341 e. The minimum atomic E-state index is -0.136. The Balaban J connectivity index is 2.25. The zero-order valence-corrected chi connectivity index (χ0v) is 7.90. The molecule has 1 aliphatic rings. The van der Waals surface area contributed by atoms with Crippen molar-refractivity contribution >= 4 is 18.1 Å². The molecule has 0 radical (unpaired) electrons. The van der Waals surface area contributed by atoms with Crippen LogP contribution < -0.4 is 5.32 Å². The number of carbonyl (C=O) groups excluding carboxylic acids is 1. The number of nitrogens with zero attached hydrogens (tertiary/aromatic N) is 2. The van der Waals surface area contributed by atoms with E-state index in [0.29, 0.717) is 6.54 Å². The Labute approximate surface area is 82.3 Å². The van der Waals surface area contributed by atoms with Gasteiger partial charge in [0.1, 0.15) is 0 Å². The molecule has 2 amide bonds. The van der Waals surface area contributed by atoms with Crippen LogP contribution in [0, 0.1) is 0 Å². The van der Waals surface area contributed by atoms with Crippen LogP contribution in [-0.2, 0) is 6.54 Å². The minimum absolute atomic E-state index is 0.136. The molecular formula is C10H11N3O. The average molecular weight is 189 g/mol. The van der Waals surface area contributed by atoms with E-state index in [-0.39, 0.29) is 6.03 Å². The summed E-state index contributed by atoms with van der Waals surface area (Å²) < 4.78 is 0. The Morgan fingerprint density at radius 1 is 1.50 bits per heavy atom. The Morgan fingerprint density at radius 3 is 3.07 bits per heavy atom. The van der Waals surface area contributed by atoms with Crippen molar-refractivity contribution in [1.82, 2.24) is 10.2 Å². The number of para-hydroxylation sites is 1. The van der Waals surface area contributed by atoms with Gasteiger partial charge < -0.3 is 5.32 Å². The molecule has 4 nitrogen and oxygen atoms in total. The van der Waals surface area contributed by atoms with E-state index < -0.39 is 0 Å². The normalized spacial score (nSPS) is 13.6. The number of aliphatic imine (C=N–C) groups is 1. The lowest BCUT2D eigenvalue weighted by molar-refractivity contribution is 0.222. The van der Waals surface area contributed by atoms with E-state index >= 15 is 0 Å². The van der Waals surface area contributed by atoms with Crippen LogP contribution >= 0.6 is 0 Å². The van der Waals surface area contributed by atoms with Gasteiger partial charge in [-0.2, -0.15) is 0 Å². The zero-order valence-electron chi connectivity index (χ0n) is 7.90. The van der Waals surface area contributed by atoms with Crippen LogP contribution in [0.15, 0.2) is 29.3 Å². The van der Waals surface area contributed by atoms with E-state index in [0.717, 1.165) is 11.3 Å². The molecule has 4 heteroatoms. The molecule has 0 unspecified atom stereocenters. The minimum Gasteiger partial charge on any atom is -0.341 e. The first-order valence-electron chi connectivity index (χ1n) is 4.41. The molecule has 1 aromatic carbocycles. The summed E-state index contributed by atoms with van der Waals surface area (Å²) in [4.78, 5) is 17.0. The lowest BCUT2D eigenvalue weighted by Crippen LogP contribution is -2.37. The molecule has 2 rings (SSSR count). The maximum atomic E-state index is 11.3. The zero-order chi connectivity index (χ0) is 9.97. The highest BCUT2D eigenvalue weighted by atomic mass is 16.2. The highest BCUT2D eigenvalue weighted by Crippen LogP contribution is 2.22. The van der Waals surface area contributed by atoms with Gasteiger partial charge in [0.15, 0.2) is 0 Å². The maximum Gasteiger partial charge on any atom is 0.322 e. The third-order valence-corrected chi connectivity index (χ3v) is 2.14. The van der Waals surface area contributed by atoms with Gasteiger partial charge in [0.25, 0.3) is 0 Å². The number of rotatable bonds is 0. The van der Waals surface area contributed by atoms with Gasteiger partial charge >= 0.3 is 6.03 Å². The number of urea groups is 1. The monoisotopic (exact) mass is 189 g/mol. The molecule has 1 N–H and O–H groups in total. The van der Waals surface area contributed by atoms with E-state index in [1.54, 1.807) is 18.3 Å². The second-order valence-electron chi connectivity index (χ2n) is 3.06. The average Bonchev–Trinajstić information content (AvgIpc) is 2.27.